The molecule has 5 heteroatoms. The predicted octanol–water partition coefficient (Wildman–Crippen LogP) is 2.28. The normalized spacial score (nSPS) is 21.0. The number of rotatable bonds is 6. The molecule has 1 aliphatic rings. The van der Waals surface area contributed by atoms with Crippen LogP contribution in [0.4, 0.5) is 0 Å². The first-order valence-corrected chi connectivity index (χ1v) is 7.84. The summed E-state index contributed by atoms with van der Waals surface area (Å²) in [5.74, 6) is 0. The first-order valence-electron chi connectivity index (χ1n) is 7.46. The van der Waals surface area contributed by atoms with Gasteiger partial charge in [-0.25, -0.2) is 0 Å². The van der Waals surface area contributed by atoms with Crippen LogP contribution in [0.5, 0.6) is 0 Å². The Kier molecular flexibility index (Phi) is 6.02. The van der Waals surface area contributed by atoms with Gasteiger partial charge in [0.05, 0.1) is 11.7 Å². The summed E-state index contributed by atoms with van der Waals surface area (Å²) in [6.45, 7) is 3.56. The van der Waals surface area contributed by atoms with Crippen molar-refractivity contribution in [3.05, 3.63) is 34.9 Å². The van der Waals surface area contributed by atoms with Crippen molar-refractivity contribution in [2.75, 3.05) is 19.8 Å². The average molecular weight is 314 g/mol. The van der Waals surface area contributed by atoms with Gasteiger partial charge < -0.3 is 20.3 Å². The summed E-state index contributed by atoms with van der Waals surface area (Å²) in [6.07, 6.45) is 0.963. The Morgan fingerprint density at radius 1 is 1.33 bits per heavy atom. The molecule has 21 heavy (non-hydrogen) atoms. The smallest absolute Gasteiger partial charge is 0.0716 e. The molecule has 0 bridgehead atoms. The zero-order chi connectivity index (χ0) is 15.3. The van der Waals surface area contributed by atoms with Gasteiger partial charge in [0, 0.05) is 37.2 Å². The molecule has 1 heterocycles. The van der Waals surface area contributed by atoms with Crippen LogP contribution in [-0.4, -0.2) is 41.7 Å². The van der Waals surface area contributed by atoms with Crippen molar-refractivity contribution in [1.82, 2.24) is 5.32 Å². The van der Waals surface area contributed by atoms with E-state index < -0.39 is 11.7 Å². The van der Waals surface area contributed by atoms with Gasteiger partial charge in [0.2, 0.25) is 0 Å². The van der Waals surface area contributed by atoms with E-state index in [1.54, 1.807) is 0 Å². The van der Waals surface area contributed by atoms with E-state index in [4.69, 9.17) is 16.3 Å². The quantitative estimate of drug-likeness (QED) is 0.754. The monoisotopic (exact) mass is 313 g/mol. The van der Waals surface area contributed by atoms with E-state index >= 15 is 0 Å². The van der Waals surface area contributed by atoms with Gasteiger partial charge in [-0.2, -0.15) is 0 Å². The molecule has 0 spiro atoms. The average Bonchev–Trinajstić information content (AvgIpc) is 2.45. The summed E-state index contributed by atoms with van der Waals surface area (Å²) in [4.78, 5) is 0. The Morgan fingerprint density at radius 3 is 2.67 bits per heavy atom. The molecule has 1 aromatic carbocycles. The molecule has 1 aliphatic heterocycles. The minimum absolute atomic E-state index is 0.0534. The van der Waals surface area contributed by atoms with Crippen LogP contribution in [0.1, 0.15) is 37.8 Å². The van der Waals surface area contributed by atoms with Gasteiger partial charge in [-0.1, -0.05) is 29.8 Å². The fraction of sp³-hybridized carbons (Fsp3) is 0.625. The van der Waals surface area contributed by atoms with Crippen LogP contribution in [0.3, 0.4) is 0 Å². The predicted molar refractivity (Wildman–Crippen MR) is 83.5 cm³/mol. The fourth-order valence-electron chi connectivity index (χ4n) is 2.72. The minimum atomic E-state index is -0.799. The molecule has 0 amide bonds. The Hall–Kier alpha value is -0.650. The van der Waals surface area contributed by atoms with Gasteiger partial charge in [0.15, 0.2) is 0 Å². The Balaban J connectivity index is 1.81. The summed E-state index contributed by atoms with van der Waals surface area (Å²) < 4.78 is 5.24. The van der Waals surface area contributed by atoms with Crippen LogP contribution < -0.4 is 5.32 Å². The maximum Gasteiger partial charge on any atom is 0.0716 e. The third-order valence-electron chi connectivity index (χ3n) is 4.07. The lowest BCUT2D eigenvalue weighted by molar-refractivity contribution is -0.0862. The molecule has 2 atom stereocenters. The summed E-state index contributed by atoms with van der Waals surface area (Å²) in [5.41, 5.74) is 0.212. The zero-order valence-electron chi connectivity index (χ0n) is 12.4. The van der Waals surface area contributed by atoms with E-state index in [1.807, 2.05) is 31.2 Å². The second-order valence-electron chi connectivity index (χ2n) is 5.85. The largest absolute Gasteiger partial charge is 0.392 e. The summed E-state index contributed by atoms with van der Waals surface area (Å²) >= 11 is 6.16. The highest BCUT2D eigenvalue weighted by Crippen LogP contribution is 2.26. The second kappa shape index (κ2) is 7.56. The lowest BCUT2D eigenvalue weighted by Gasteiger charge is -2.34. The van der Waals surface area contributed by atoms with Gasteiger partial charge >= 0.3 is 0 Å². The molecule has 0 aliphatic carbocycles. The van der Waals surface area contributed by atoms with E-state index in [9.17, 15) is 10.2 Å². The highest BCUT2D eigenvalue weighted by molar-refractivity contribution is 6.31. The summed E-state index contributed by atoms with van der Waals surface area (Å²) in [5, 5.41) is 24.5. The Morgan fingerprint density at radius 2 is 2.00 bits per heavy atom. The number of hydrogen-bond acceptors (Lipinski definition) is 4. The van der Waals surface area contributed by atoms with E-state index in [-0.39, 0.29) is 6.04 Å². The SMILES string of the molecule is CC(NCC(O)CC1(O)CCOCC1)c1ccccc1Cl. The maximum atomic E-state index is 10.4. The van der Waals surface area contributed by atoms with Crippen LogP contribution in [-0.2, 0) is 4.74 Å². The van der Waals surface area contributed by atoms with Crippen LogP contribution >= 0.6 is 11.6 Å². The van der Waals surface area contributed by atoms with Gasteiger partial charge in [-0.15, -0.1) is 0 Å². The van der Waals surface area contributed by atoms with Crippen molar-refractivity contribution in [2.45, 2.75) is 43.9 Å². The molecule has 3 N–H and O–H groups in total. The number of nitrogens with one attached hydrogen (secondary N) is 1. The molecular formula is C16H24ClNO3. The van der Waals surface area contributed by atoms with Crippen LogP contribution in [0, 0.1) is 0 Å². The van der Waals surface area contributed by atoms with Crippen molar-refractivity contribution >= 4 is 11.6 Å². The molecule has 0 radical (unpaired) electrons. The molecule has 1 fully saturated rings. The van der Waals surface area contributed by atoms with E-state index in [2.05, 4.69) is 5.32 Å². The number of aliphatic hydroxyl groups excluding tert-OH is 1. The Labute approximate surface area is 131 Å². The summed E-state index contributed by atoms with van der Waals surface area (Å²) in [6, 6.07) is 7.72. The van der Waals surface area contributed by atoms with E-state index in [0.29, 0.717) is 39.0 Å². The molecule has 1 aromatic rings. The Bertz CT molecular complexity index is 449. The number of ether oxygens (including phenoxy) is 1. The fourth-order valence-corrected chi connectivity index (χ4v) is 3.01. The molecule has 2 unspecified atom stereocenters. The zero-order valence-corrected chi connectivity index (χ0v) is 13.1. The molecule has 2 rings (SSSR count). The van der Waals surface area contributed by atoms with Crippen LogP contribution in [0.25, 0.3) is 0 Å². The molecule has 0 aromatic heterocycles. The molecule has 118 valence electrons. The topological polar surface area (TPSA) is 61.7 Å². The van der Waals surface area contributed by atoms with Crippen molar-refractivity contribution in [2.24, 2.45) is 0 Å². The van der Waals surface area contributed by atoms with Crippen LogP contribution in [0.2, 0.25) is 5.02 Å². The van der Waals surface area contributed by atoms with E-state index in [0.717, 1.165) is 10.6 Å². The highest BCUT2D eigenvalue weighted by atomic mass is 35.5. The van der Waals surface area contributed by atoms with Gasteiger partial charge in [-0.05, 0) is 31.4 Å². The van der Waals surface area contributed by atoms with Crippen LogP contribution in [0.15, 0.2) is 24.3 Å². The molecule has 0 saturated carbocycles. The first kappa shape index (κ1) is 16.7. The molecule has 1 saturated heterocycles. The number of benzene rings is 1. The number of hydrogen-bond donors (Lipinski definition) is 3. The maximum absolute atomic E-state index is 10.4. The third kappa shape index (κ3) is 4.94. The van der Waals surface area contributed by atoms with Crippen molar-refractivity contribution in [1.29, 1.82) is 0 Å². The van der Waals surface area contributed by atoms with Gasteiger partial charge in [-0.3, -0.25) is 0 Å². The standard InChI is InChI=1S/C16H24ClNO3/c1-12(14-4-2-3-5-15(14)17)18-11-13(19)10-16(20)6-8-21-9-7-16/h2-5,12-13,18-20H,6-11H2,1H3. The van der Waals surface area contributed by atoms with Crippen molar-refractivity contribution in [3.8, 4) is 0 Å². The molecular weight excluding hydrogens is 290 g/mol. The number of halogens is 1. The number of aliphatic hydroxyl groups is 2. The van der Waals surface area contributed by atoms with E-state index in [1.165, 1.54) is 0 Å². The lowest BCUT2D eigenvalue weighted by atomic mass is 9.88. The first-order chi connectivity index (χ1) is 10.0. The van der Waals surface area contributed by atoms with Crippen molar-refractivity contribution < 1.29 is 14.9 Å². The van der Waals surface area contributed by atoms with Gasteiger partial charge in [0.1, 0.15) is 0 Å². The second-order valence-corrected chi connectivity index (χ2v) is 6.25. The molecule has 4 nitrogen and oxygen atoms in total. The van der Waals surface area contributed by atoms with Crippen molar-refractivity contribution in [3.63, 3.8) is 0 Å². The summed E-state index contributed by atoms with van der Waals surface area (Å²) in [7, 11) is 0. The minimum Gasteiger partial charge on any atom is -0.392 e. The van der Waals surface area contributed by atoms with Gasteiger partial charge in [0.25, 0.3) is 0 Å². The third-order valence-corrected chi connectivity index (χ3v) is 4.41. The lowest BCUT2D eigenvalue weighted by Crippen LogP contribution is -2.42. The highest BCUT2D eigenvalue weighted by Gasteiger charge is 2.32.